The Labute approximate surface area is 111 Å². The van der Waals surface area contributed by atoms with Gasteiger partial charge in [0.2, 0.25) is 5.91 Å². The van der Waals surface area contributed by atoms with Crippen molar-refractivity contribution in [1.82, 2.24) is 10.6 Å². The molecule has 0 spiro atoms. The third-order valence-electron chi connectivity index (χ3n) is 3.48. The van der Waals surface area contributed by atoms with Gasteiger partial charge in [-0.1, -0.05) is 0 Å². The highest BCUT2D eigenvalue weighted by molar-refractivity contribution is 5.75. The molecular formula is C14H28N2O2. The minimum atomic E-state index is 0.213. The van der Waals surface area contributed by atoms with E-state index in [1.54, 1.807) is 0 Å². The molecule has 1 heterocycles. The van der Waals surface area contributed by atoms with Gasteiger partial charge in [-0.25, -0.2) is 0 Å². The lowest BCUT2D eigenvalue weighted by Crippen LogP contribution is -2.29. The molecule has 0 bridgehead atoms. The van der Waals surface area contributed by atoms with Gasteiger partial charge in [0.05, 0.1) is 0 Å². The van der Waals surface area contributed by atoms with Gasteiger partial charge in [0.15, 0.2) is 0 Å². The van der Waals surface area contributed by atoms with Crippen LogP contribution in [0.4, 0.5) is 0 Å². The van der Waals surface area contributed by atoms with Crippen LogP contribution in [0.1, 0.15) is 45.4 Å². The molecule has 4 nitrogen and oxygen atoms in total. The molecule has 0 aromatic heterocycles. The van der Waals surface area contributed by atoms with Crippen molar-refractivity contribution >= 4 is 5.91 Å². The summed E-state index contributed by atoms with van der Waals surface area (Å²) in [6, 6.07) is 0. The number of nitrogens with one attached hydrogen (secondary N) is 2. The molecule has 1 fully saturated rings. The molecule has 1 aliphatic heterocycles. The van der Waals surface area contributed by atoms with E-state index in [2.05, 4.69) is 10.6 Å². The smallest absolute Gasteiger partial charge is 0.220 e. The maximum Gasteiger partial charge on any atom is 0.220 e. The molecule has 0 unspecified atom stereocenters. The number of hydrogen-bond donors (Lipinski definition) is 2. The number of carbonyl (C=O) groups is 1. The highest BCUT2D eigenvalue weighted by Gasteiger charge is 2.14. The Kier molecular flexibility index (Phi) is 8.86. The first-order valence-electron chi connectivity index (χ1n) is 7.38. The number of piperidine rings is 1. The van der Waals surface area contributed by atoms with Crippen LogP contribution < -0.4 is 10.6 Å². The van der Waals surface area contributed by atoms with Crippen LogP contribution in [0.25, 0.3) is 0 Å². The van der Waals surface area contributed by atoms with E-state index in [1.165, 1.54) is 12.8 Å². The molecule has 0 atom stereocenters. The Morgan fingerprint density at radius 1 is 1.33 bits per heavy atom. The number of unbranched alkanes of at least 4 members (excludes halogenated alkanes) is 1. The van der Waals surface area contributed by atoms with Gasteiger partial charge in [0, 0.05) is 26.2 Å². The fourth-order valence-electron chi connectivity index (χ4n) is 2.30. The Morgan fingerprint density at radius 2 is 2.11 bits per heavy atom. The van der Waals surface area contributed by atoms with Crippen LogP contribution in [0, 0.1) is 5.92 Å². The summed E-state index contributed by atoms with van der Waals surface area (Å²) in [4.78, 5) is 11.6. The van der Waals surface area contributed by atoms with E-state index in [9.17, 15) is 4.79 Å². The van der Waals surface area contributed by atoms with E-state index < -0.39 is 0 Å². The summed E-state index contributed by atoms with van der Waals surface area (Å²) in [5.74, 6) is 0.958. The molecule has 1 amide bonds. The van der Waals surface area contributed by atoms with Crippen LogP contribution in [0.15, 0.2) is 0 Å². The monoisotopic (exact) mass is 256 g/mol. The molecule has 1 aliphatic rings. The maximum absolute atomic E-state index is 11.6. The largest absolute Gasteiger partial charge is 0.382 e. The van der Waals surface area contributed by atoms with Crippen molar-refractivity contribution in [3.63, 3.8) is 0 Å². The Hall–Kier alpha value is -0.610. The zero-order chi connectivity index (χ0) is 13.1. The second-order valence-electron chi connectivity index (χ2n) is 4.99. The number of amides is 1. The Morgan fingerprint density at radius 3 is 2.83 bits per heavy atom. The highest BCUT2D eigenvalue weighted by atomic mass is 16.5. The normalized spacial score (nSPS) is 16.7. The number of carbonyl (C=O) groups excluding carboxylic acids is 1. The molecule has 4 heteroatoms. The molecule has 0 aliphatic carbocycles. The third kappa shape index (κ3) is 7.67. The summed E-state index contributed by atoms with van der Waals surface area (Å²) < 4.78 is 5.25. The van der Waals surface area contributed by atoms with Crippen LogP contribution in [0.2, 0.25) is 0 Å². The van der Waals surface area contributed by atoms with Gasteiger partial charge in [0.25, 0.3) is 0 Å². The van der Waals surface area contributed by atoms with Crippen LogP contribution in [-0.2, 0) is 9.53 Å². The van der Waals surface area contributed by atoms with Gasteiger partial charge in [0.1, 0.15) is 0 Å². The Bertz CT molecular complexity index is 216. The van der Waals surface area contributed by atoms with E-state index in [1.807, 2.05) is 6.92 Å². The lowest BCUT2D eigenvalue weighted by Gasteiger charge is -2.22. The second-order valence-corrected chi connectivity index (χ2v) is 4.99. The number of rotatable bonds is 9. The van der Waals surface area contributed by atoms with Crippen molar-refractivity contribution in [1.29, 1.82) is 0 Å². The first-order valence-corrected chi connectivity index (χ1v) is 7.38. The second kappa shape index (κ2) is 10.3. The van der Waals surface area contributed by atoms with Crippen LogP contribution >= 0.6 is 0 Å². The molecule has 18 heavy (non-hydrogen) atoms. The van der Waals surface area contributed by atoms with E-state index in [-0.39, 0.29) is 5.91 Å². The lowest BCUT2D eigenvalue weighted by molar-refractivity contribution is -0.121. The summed E-state index contributed by atoms with van der Waals surface area (Å²) in [6.07, 6.45) is 6.23. The summed E-state index contributed by atoms with van der Waals surface area (Å²) in [6.45, 7) is 6.61. The van der Waals surface area contributed by atoms with E-state index in [0.717, 1.165) is 58.0 Å². The van der Waals surface area contributed by atoms with Gasteiger partial charge in [-0.2, -0.15) is 0 Å². The summed E-state index contributed by atoms with van der Waals surface area (Å²) >= 11 is 0. The summed E-state index contributed by atoms with van der Waals surface area (Å²) in [7, 11) is 0. The Balaban J connectivity index is 1.90. The fourth-order valence-corrected chi connectivity index (χ4v) is 2.30. The predicted molar refractivity (Wildman–Crippen MR) is 73.6 cm³/mol. The average molecular weight is 256 g/mol. The van der Waals surface area contributed by atoms with Gasteiger partial charge in [-0.05, 0) is 58.0 Å². The van der Waals surface area contributed by atoms with Gasteiger partial charge in [-0.15, -0.1) is 0 Å². The van der Waals surface area contributed by atoms with Crippen molar-refractivity contribution in [2.75, 3.05) is 32.8 Å². The summed E-state index contributed by atoms with van der Waals surface area (Å²) in [5, 5.41) is 6.34. The van der Waals surface area contributed by atoms with Gasteiger partial charge < -0.3 is 15.4 Å². The molecule has 0 saturated carbocycles. The quantitative estimate of drug-likeness (QED) is 0.617. The topological polar surface area (TPSA) is 50.4 Å². The SMILES string of the molecule is CCOCCCCNC(=O)CCC1CCNCC1. The molecule has 2 N–H and O–H groups in total. The van der Waals surface area contributed by atoms with Crippen molar-refractivity contribution in [3.8, 4) is 0 Å². The molecule has 1 saturated heterocycles. The molecule has 1 rings (SSSR count). The number of ether oxygens (including phenoxy) is 1. The van der Waals surface area contributed by atoms with Crippen LogP contribution in [0.3, 0.4) is 0 Å². The van der Waals surface area contributed by atoms with Crippen LogP contribution in [0.5, 0.6) is 0 Å². The molecule has 106 valence electrons. The molecule has 0 aromatic carbocycles. The zero-order valence-electron chi connectivity index (χ0n) is 11.7. The van der Waals surface area contributed by atoms with Crippen molar-refractivity contribution in [2.24, 2.45) is 5.92 Å². The van der Waals surface area contributed by atoms with E-state index in [0.29, 0.717) is 6.42 Å². The van der Waals surface area contributed by atoms with Gasteiger partial charge in [-0.3, -0.25) is 4.79 Å². The van der Waals surface area contributed by atoms with E-state index in [4.69, 9.17) is 4.74 Å². The van der Waals surface area contributed by atoms with Gasteiger partial charge >= 0.3 is 0 Å². The standard InChI is InChI=1S/C14H28N2O2/c1-2-18-12-4-3-9-16-14(17)6-5-13-7-10-15-11-8-13/h13,15H,2-12H2,1H3,(H,16,17). The first-order chi connectivity index (χ1) is 8.83. The summed E-state index contributed by atoms with van der Waals surface area (Å²) in [5.41, 5.74) is 0. The lowest BCUT2D eigenvalue weighted by atomic mass is 9.93. The average Bonchev–Trinajstić information content (AvgIpc) is 2.41. The molecule has 0 radical (unpaired) electrons. The van der Waals surface area contributed by atoms with E-state index >= 15 is 0 Å². The minimum Gasteiger partial charge on any atom is -0.382 e. The molecule has 0 aromatic rings. The zero-order valence-corrected chi connectivity index (χ0v) is 11.7. The fraction of sp³-hybridized carbons (Fsp3) is 0.929. The highest BCUT2D eigenvalue weighted by Crippen LogP contribution is 2.17. The maximum atomic E-state index is 11.6. The first kappa shape index (κ1) is 15.4. The van der Waals surface area contributed by atoms with Crippen molar-refractivity contribution in [3.05, 3.63) is 0 Å². The molecular weight excluding hydrogens is 228 g/mol. The number of hydrogen-bond acceptors (Lipinski definition) is 3. The van der Waals surface area contributed by atoms with Crippen LogP contribution in [-0.4, -0.2) is 38.8 Å². The predicted octanol–water partition coefficient (Wildman–Crippen LogP) is 1.70. The minimum absolute atomic E-state index is 0.213. The van der Waals surface area contributed by atoms with Crippen molar-refractivity contribution < 1.29 is 9.53 Å². The third-order valence-corrected chi connectivity index (χ3v) is 3.48. The van der Waals surface area contributed by atoms with Crippen molar-refractivity contribution in [2.45, 2.75) is 45.4 Å².